The first-order valence-electron chi connectivity index (χ1n) is 4.78. The summed E-state index contributed by atoms with van der Waals surface area (Å²) in [7, 11) is 1.25. The fraction of sp³-hybridized carbons (Fsp3) is 1.00. The van der Waals surface area contributed by atoms with Crippen molar-refractivity contribution in [3.8, 4) is 0 Å². The molecule has 1 saturated heterocycles. The van der Waals surface area contributed by atoms with E-state index in [1.807, 2.05) is 19.0 Å². The van der Waals surface area contributed by atoms with Crippen LogP contribution in [-0.4, -0.2) is 70.2 Å². The SMILES string of the molecule is CN(C)CNCN1CCS(=O)(=O)CC1. The molecule has 14 heavy (non-hydrogen) atoms. The third kappa shape index (κ3) is 4.36. The molecule has 0 saturated carbocycles. The molecule has 6 heteroatoms. The minimum atomic E-state index is -2.74. The van der Waals surface area contributed by atoms with Crippen LogP contribution in [-0.2, 0) is 9.84 Å². The second-order valence-electron chi connectivity index (χ2n) is 3.92. The highest BCUT2D eigenvalue weighted by Gasteiger charge is 2.20. The number of nitrogens with one attached hydrogen (secondary N) is 1. The van der Waals surface area contributed by atoms with Gasteiger partial charge >= 0.3 is 0 Å². The van der Waals surface area contributed by atoms with Gasteiger partial charge in [0.1, 0.15) is 0 Å². The van der Waals surface area contributed by atoms with Crippen LogP contribution in [0.4, 0.5) is 0 Å². The number of rotatable bonds is 4. The molecule has 1 aliphatic heterocycles. The Morgan fingerprint density at radius 2 is 1.86 bits per heavy atom. The van der Waals surface area contributed by atoms with E-state index in [0.29, 0.717) is 24.6 Å². The van der Waals surface area contributed by atoms with Crippen molar-refractivity contribution < 1.29 is 8.42 Å². The predicted molar refractivity (Wildman–Crippen MR) is 56.8 cm³/mol. The van der Waals surface area contributed by atoms with Crippen molar-refractivity contribution in [1.29, 1.82) is 0 Å². The monoisotopic (exact) mass is 221 g/mol. The molecular formula is C8H19N3O2S. The molecule has 0 unspecified atom stereocenters. The van der Waals surface area contributed by atoms with Crippen LogP contribution in [0.3, 0.4) is 0 Å². The van der Waals surface area contributed by atoms with Crippen molar-refractivity contribution in [2.24, 2.45) is 0 Å². The average Bonchev–Trinajstić information content (AvgIpc) is 2.07. The van der Waals surface area contributed by atoms with Gasteiger partial charge in [0.05, 0.1) is 11.5 Å². The molecule has 5 nitrogen and oxygen atoms in total. The zero-order valence-electron chi connectivity index (χ0n) is 8.86. The van der Waals surface area contributed by atoms with E-state index < -0.39 is 9.84 Å². The molecular weight excluding hydrogens is 202 g/mol. The Labute approximate surface area is 86.0 Å². The van der Waals surface area contributed by atoms with Crippen LogP contribution in [0.1, 0.15) is 0 Å². The van der Waals surface area contributed by atoms with Crippen LogP contribution in [0.25, 0.3) is 0 Å². The Balaban J connectivity index is 2.16. The van der Waals surface area contributed by atoms with Crippen LogP contribution in [0, 0.1) is 0 Å². The van der Waals surface area contributed by atoms with E-state index in [-0.39, 0.29) is 0 Å². The third-order valence-electron chi connectivity index (χ3n) is 2.20. The predicted octanol–water partition coefficient (Wildman–Crippen LogP) is -1.22. The van der Waals surface area contributed by atoms with Gasteiger partial charge in [-0.1, -0.05) is 0 Å². The first kappa shape index (κ1) is 11.9. The number of sulfone groups is 1. The molecule has 84 valence electrons. The number of nitrogens with zero attached hydrogens (tertiary/aromatic N) is 2. The van der Waals surface area contributed by atoms with E-state index in [2.05, 4.69) is 10.2 Å². The Morgan fingerprint density at radius 3 is 2.36 bits per heavy atom. The van der Waals surface area contributed by atoms with Gasteiger partial charge in [-0.05, 0) is 14.1 Å². The molecule has 1 rings (SSSR count). The Bertz CT molecular complexity index is 250. The van der Waals surface area contributed by atoms with Crippen LogP contribution in [0.5, 0.6) is 0 Å². The molecule has 1 aliphatic rings. The smallest absolute Gasteiger partial charge is 0.152 e. The van der Waals surface area contributed by atoms with E-state index in [0.717, 1.165) is 13.3 Å². The van der Waals surface area contributed by atoms with Gasteiger partial charge in [-0.3, -0.25) is 15.1 Å². The summed E-state index contributed by atoms with van der Waals surface area (Å²) in [5.41, 5.74) is 0. The molecule has 0 aromatic carbocycles. The lowest BCUT2D eigenvalue weighted by atomic mass is 10.5. The largest absolute Gasteiger partial charge is 0.297 e. The Kier molecular flexibility index (Phi) is 4.31. The molecule has 1 fully saturated rings. The van der Waals surface area contributed by atoms with E-state index in [4.69, 9.17) is 0 Å². The molecule has 0 aromatic heterocycles. The van der Waals surface area contributed by atoms with Gasteiger partial charge in [-0.25, -0.2) is 8.42 Å². The van der Waals surface area contributed by atoms with Gasteiger partial charge in [0.25, 0.3) is 0 Å². The molecule has 1 heterocycles. The molecule has 1 N–H and O–H groups in total. The minimum Gasteiger partial charge on any atom is -0.297 e. The maximum atomic E-state index is 11.1. The normalized spacial score (nSPS) is 22.8. The van der Waals surface area contributed by atoms with Crippen molar-refractivity contribution in [3.05, 3.63) is 0 Å². The average molecular weight is 221 g/mol. The zero-order valence-corrected chi connectivity index (χ0v) is 9.68. The van der Waals surface area contributed by atoms with Gasteiger partial charge in [0.2, 0.25) is 0 Å². The molecule has 0 aromatic rings. The summed E-state index contributed by atoms with van der Waals surface area (Å²) in [5.74, 6) is 0.604. The number of hydrogen-bond donors (Lipinski definition) is 1. The first-order chi connectivity index (χ1) is 6.49. The summed E-state index contributed by atoms with van der Waals surface area (Å²) in [6.45, 7) is 2.91. The molecule has 0 amide bonds. The second-order valence-corrected chi connectivity index (χ2v) is 6.22. The van der Waals surface area contributed by atoms with Gasteiger partial charge in [-0.15, -0.1) is 0 Å². The molecule has 0 atom stereocenters. The van der Waals surface area contributed by atoms with Crippen molar-refractivity contribution in [3.63, 3.8) is 0 Å². The van der Waals surface area contributed by atoms with Crippen molar-refractivity contribution in [2.45, 2.75) is 0 Å². The van der Waals surface area contributed by atoms with Gasteiger partial charge < -0.3 is 0 Å². The standard InChI is InChI=1S/C8H19N3O2S/c1-10(2)7-9-8-11-3-5-14(12,13)6-4-11/h9H,3-8H2,1-2H3. The van der Waals surface area contributed by atoms with Crippen LogP contribution >= 0.6 is 0 Å². The number of hydrogen-bond acceptors (Lipinski definition) is 5. The van der Waals surface area contributed by atoms with Gasteiger partial charge in [0.15, 0.2) is 9.84 Å². The van der Waals surface area contributed by atoms with E-state index in [9.17, 15) is 8.42 Å². The van der Waals surface area contributed by atoms with E-state index in [1.54, 1.807) is 0 Å². The first-order valence-corrected chi connectivity index (χ1v) is 6.60. The third-order valence-corrected chi connectivity index (χ3v) is 3.81. The lowest BCUT2D eigenvalue weighted by molar-refractivity contribution is 0.245. The fourth-order valence-corrected chi connectivity index (χ4v) is 2.62. The summed E-state index contributed by atoms with van der Waals surface area (Å²) < 4.78 is 22.2. The maximum absolute atomic E-state index is 11.1. The quantitative estimate of drug-likeness (QED) is 0.603. The summed E-state index contributed by atoms with van der Waals surface area (Å²) in [6.07, 6.45) is 0. The van der Waals surface area contributed by atoms with Crippen molar-refractivity contribution >= 4 is 9.84 Å². The fourth-order valence-electron chi connectivity index (χ4n) is 1.34. The Hall–Kier alpha value is -0.170. The molecule has 0 aliphatic carbocycles. The van der Waals surface area contributed by atoms with E-state index in [1.165, 1.54) is 0 Å². The highest BCUT2D eigenvalue weighted by molar-refractivity contribution is 7.91. The zero-order chi connectivity index (χ0) is 10.6. The van der Waals surface area contributed by atoms with Gasteiger partial charge in [0, 0.05) is 26.4 Å². The topological polar surface area (TPSA) is 52.6 Å². The van der Waals surface area contributed by atoms with Crippen molar-refractivity contribution in [2.75, 3.05) is 52.0 Å². The minimum absolute atomic E-state index is 0.302. The van der Waals surface area contributed by atoms with Crippen LogP contribution in [0.15, 0.2) is 0 Å². The van der Waals surface area contributed by atoms with Gasteiger partial charge in [-0.2, -0.15) is 0 Å². The lowest BCUT2D eigenvalue weighted by Crippen LogP contribution is -2.46. The van der Waals surface area contributed by atoms with Crippen molar-refractivity contribution in [1.82, 2.24) is 15.1 Å². The maximum Gasteiger partial charge on any atom is 0.152 e. The summed E-state index contributed by atoms with van der Waals surface area (Å²) in [5, 5.41) is 3.24. The highest BCUT2D eigenvalue weighted by atomic mass is 32.2. The molecule has 0 bridgehead atoms. The molecule has 0 spiro atoms. The Morgan fingerprint density at radius 1 is 1.29 bits per heavy atom. The summed E-state index contributed by atoms with van der Waals surface area (Å²) in [6, 6.07) is 0. The summed E-state index contributed by atoms with van der Waals surface area (Å²) >= 11 is 0. The lowest BCUT2D eigenvalue weighted by Gasteiger charge is -2.27. The summed E-state index contributed by atoms with van der Waals surface area (Å²) in [4.78, 5) is 4.17. The molecule has 0 radical (unpaired) electrons. The van der Waals surface area contributed by atoms with Crippen LogP contribution < -0.4 is 5.32 Å². The second kappa shape index (κ2) is 5.06. The highest BCUT2D eigenvalue weighted by Crippen LogP contribution is 2.01. The van der Waals surface area contributed by atoms with E-state index >= 15 is 0 Å². The van der Waals surface area contributed by atoms with Crippen LogP contribution in [0.2, 0.25) is 0 Å².